The van der Waals surface area contributed by atoms with Crippen LogP contribution in [0.25, 0.3) is 0 Å². The number of aliphatic carboxylic acids is 1. The molecule has 0 aromatic heterocycles. The molecule has 0 fully saturated rings. The molecule has 0 saturated carbocycles. The van der Waals surface area contributed by atoms with Gasteiger partial charge in [0.05, 0.1) is 19.1 Å². The van der Waals surface area contributed by atoms with Crippen LogP contribution < -0.4 is 70.8 Å². The first kappa shape index (κ1) is 61.8. The van der Waals surface area contributed by atoms with Crippen LogP contribution >= 0.6 is 12.6 Å². The summed E-state index contributed by atoms with van der Waals surface area (Å²) in [5.74, 6) is -10.7. The van der Waals surface area contributed by atoms with Crippen molar-refractivity contribution in [3.8, 4) is 0 Å². The molecular formula is C41H74N14O12S. The molecule has 27 heteroatoms. The van der Waals surface area contributed by atoms with E-state index in [0.29, 0.717) is 12.8 Å². The van der Waals surface area contributed by atoms with E-state index in [1.807, 2.05) is 0 Å². The highest BCUT2D eigenvalue weighted by atomic mass is 32.1. The Morgan fingerprint density at radius 3 is 1.53 bits per heavy atom. The van der Waals surface area contributed by atoms with Crippen LogP contribution in [0.5, 0.6) is 0 Å². The summed E-state index contributed by atoms with van der Waals surface area (Å²) in [5, 5.41) is 31.8. The lowest BCUT2D eigenvalue weighted by molar-refractivity contribution is -0.142. The molecule has 0 aliphatic rings. The van der Waals surface area contributed by atoms with Crippen LogP contribution in [0, 0.1) is 17.8 Å². The maximum atomic E-state index is 13.5. The number of thiol groups is 1. The van der Waals surface area contributed by atoms with Gasteiger partial charge in [0, 0.05) is 18.7 Å². The molecule has 0 bridgehead atoms. The number of primary amides is 1. The van der Waals surface area contributed by atoms with E-state index in [-0.39, 0.29) is 43.9 Å². The Bertz CT molecular complexity index is 1800. The number of hydrogen-bond acceptors (Lipinski definition) is 14. The first-order valence-corrected chi connectivity index (χ1v) is 22.9. The van der Waals surface area contributed by atoms with Gasteiger partial charge in [-0.15, -0.1) is 0 Å². The normalized spacial score (nSPS) is 15.3. The van der Waals surface area contributed by atoms with Gasteiger partial charge in [-0.05, 0) is 50.9 Å². The number of guanidine groups is 1. The number of hydrogen-bond donors (Lipinski definition) is 15. The fourth-order valence-corrected chi connectivity index (χ4v) is 6.12. The Hall–Kier alpha value is -6.25. The molecule has 68 heavy (non-hydrogen) atoms. The van der Waals surface area contributed by atoms with Crippen LogP contribution in [-0.4, -0.2) is 150 Å². The van der Waals surface area contributed by atoms with Gasteiger partial charge in [0.15, 0.2) is 5.96 Å². The van der Waals surface area contributed by atoms with Crippen molar-refractivity contribution < 1.29 is 57.8 Å². The van der Waals surface area contributed by atoms with Gasteiger partial charge in [-0.1, -0.05) is 54.4 Å². The quantitative estimate of drug-likeness (QED) is 0.0130. The van der Waals surface area contributed by atoms with Crippen LogP contribution in [0.4, 0.5) is 0 Å². The van der Waals surface area contributed by atoms with Crippen LogP contribution in [0.3, 0.4) is 0 Å². The van der Waals surface area contributed by atoms with Crippen molar-refractivity contribution in [3.63, 3.8) is 0 Å². The van der Waals surface area contributed by atoms with Crippen LogP contribution in [0.15, 0.2) is 4.99 Å². The zero-order valence-corrected chi connectivity index (χ0v) is 41.0. The van der Waals surface area contributed by atoms with Crippen molar-refractivity contribution in [1.82, 2.24) is 47.9 Å². The fraction of sp³-hybridized carbons (Fsp3) is 0.707. The summed E-state index contributed by atoms with van der Waals surface area (Å²) in [6.45, 7) is 11.8. The minimum absolute atomic E-state index is 0.0515. The van der Waals surface area contributed by atoms with Crippen LogP contribution in [0.1, 0.15) is 93.9 Å². The number of rotatable bonds is 32. The predicted molar refractivity (Wildman–Crippen MR) is 252 cm³/mol. The Morgan fingerprint density at radius 2 is 1.03 bits per heavy atom. The van der Waals surface area contributed by atoms with E-state index in [1.54, 1.807) is 41.5 Å². The Kier molecular flexibility index (Phi) is 28.8. The molecule has 18 N–H and O–H groups in total. The Balaban J connectivity index is 5.67. The topological polar surface area (TPSA) is 433 Å². The lowest BCUT2D eigenvalue weighted by Crippen LogP contribution is -2.59. The predicted octanol–water partition coefficient (Wildman–Crippen LogP) is -4.94. The molecule has 0 aliphatic carbocycles. The lowest BCUT2D eigenvalue weighted by Gasteiger charge is -2.28. The average molecular weight is 987 g/mol. The number of amides is 10. The summed E-state index contributed by atoms with van der Waals surface area (Å²) in [7, 11) is 0. The largest absolute Gasteiger partial charge is 0.480 e. The molecule has 0 aliphatic heterocycles. The van der Waals surface area contributed by atoms with Gasteiger partial charge < -0.3 is 75.9 Å². The smallest absolute Gasteiger partial charge is 0.326 e. The molecule has 0 spiro atoms. The molecule has 26 nitrogen and oxygen atoms in total. The summed E-state index contributed by atoms with van der Waals surface area (Å²) < 4.78 is 0. The molecule has 10 atom stereocenters. The van der Waals surface area contributed by atoms with E-state index in [4.69, 9.17) is 22.9 Å². The number of nitrogens with two attached hydrogens (primary N) is 4. The summed E-state index contributed by atoms with van der Waals surface area (Å²) in [6, 6.07) is -9.84. The molecule has 0 rings (SSSR count). The van der Waals surface area contributed by atoms with Gasteiger partial charge >= 0.3 is 5.97 Å². The standard InChI is InChI=1S/C41H74N14O12S/c1-9-20(5)31(53-29(58)17-47-35(61)24(42)18-68)39(65)54-30(19(3)4)37(63)48-16-28(57)49-22(7)34(60)55-32(21(6)10-2)38(64)50-23(8)33(59)51-25(13-14-27(43)56)36(62)52-26(40(66)67)12-11-15-46-41(44)45/h19-26,30-32,68H,9-18,42H2,1-8H3,(H2,43,56)(H,47,61)(H,48,63)(H,49,57)(H,50,64)(H,51,59)(H,52,62)(H,53,58)(H,54,65)(H,55,60)(H,66,67)(H4,44,45,46)/t20-,21-,22-,23-,24-,25-,26-,30-,31-,32-/m0/s1. The second kappa shape index (κ2) is 31.7. The first-order chi connectivity index (χ1) is 31.7. The first-order valence-electron chi connectivity index (χ1n) is 22.3. The van der Waals surface area contributed by atoms with Gasteiger partial charge in [-0.25, -0.2) is 4.79 Å². The van der Waals surface area contributed by atoms with Crippen LogP contribution in [0.2, 0.25) is 0 Å². The van der Waals surface area contributed by atoms with E-state index in [9.17, 15) is 57.8 Å². The van der Waals surface area contributed by atoms with Crippen molar-refractivity contribution in [2.45, 2.75) is 142 Å². The van der Waals surface area contributed by atoms with Crippen LogP contribution in [-0.2, 0) is 52.7 Å². The van der Waals surface area contributed by atoms with E-state index < -0.39 is 144 Å². The summed E-state index contributed by atoms with van der Waals surface area (Å²) in [4.78, 5) is 145. The number of nitrogens with zero attached hydrogens (tertiary/aromatic N) is 1. The number of aliphatic imine (C=N–C) groups is 1. The number of carboxylic acid groups (broad SMARTS) is 1. The van der Waals surface area contributed by atoms with E-state index >= 15 is 0 Å². The zero-order valence-electron chi connectivity index (χ0n) is 40.1. The van der Waals surface area contributed by atoms with Crippen molar-refractivity contribution in [3.05, 3.63) is 0 Å². The molecule has 0 aromatic carbocycles. The molecule has 0 heterocycles. The van der Waals surface area contributed by atoms with Crippen molar-refractivity contribution in [1.29, 1.82) is 0 Å². The second-order valence-electron chi connectivity index (χ2n) is 16.7. The fourth-order valence-electron chi connectivity index (χ4n) is 5.96. The van der Waals surface area contributed by atoms with Gasteiger partial charge in [0.2, 0.25) is 59.1 Å². The number of carbonyl (C=O) groups is 11. The van der Waals surface area contributed by atoms with Crippen molar-refractivity contribution in [2.24, 2.45) is 45.7 Å². The van der Waals surface area contributed by atoms with Gasteiger partial charge in [-0.2, -0.15) is 12.6 Å². The molecule has 386 valence electrons. The van der Waals surface area contributed by atoms with Gasteiger partial charge in [0.1, 0.15) is 42.3 Å². The Labute approximate surface area is 401 Å². The molecular weight excluding hydrogens is 913 g/mol. The van der Waals surface area contributed by atoms with E-state index in [1.165, 1.54) is 13.8 Å². The molecule has 0 radical (unpaired) electrons. The van der Waals surface area contributed by atoms with E-state index in [0.717, 1.165) is 0 Å². The number of nitrogens with one attached hydrogen (secondary N) is 9. The average Bonchev–Trinajstić information content (AvgIpc) is 3.27. The monoisotopic (exact) mass is 987 g/mol. The summed E-state index contributed by atoms with van der Waals surface area (Å²) >= 11 is 3.95. The molecule has 0 aromatic rings. The maximum absolute atomic E-state index is 13.5. The maximum Gasteiger partial charge on any atom is 0.326 e. The van der Waals surface area contributed by atoms with Gasteiger partial charge in [-0.3, -0.25) is 52.9 Å². The lowest BCUT2D eigenvalue weighted by atomic mass is 9.96. The highest BCUT2D eigenvalue weighted by molar-refractivity contribution is 7.80. The number of carbonyl (C=O) groups excluding carboxylic acids is 10. The minimum Gasteiger partial charge on any atom is -0.480 e. The molecule has 0 unspecified atom stereocenters. The Morgan fingerprint density at radius 1 is 0.559 bits per heavy atom. The third-order valence-corrected chi connectivity index (χ3v) is 11.0. The second-order valence-corrected chi connectivity index (χ2v) is 17.1. The number of carboxylic acids is 1. The summed E-state index contributed by atoms with van der Waals surface area (Å²) in [6.07, 6.45) is 0.278. The minimum atomic E-state index is -1.44. The van der Waals surface area contributed by atoms with Crippen molar-refractivity contribution in [2.75, 3.05) is 25.4 Å². The highest BCUT2D eigenvalue weighted by Crippen LogP contribution is 2.12. The third-order valence-electron chi connectivity index (χ3n) is 10.6. The third kappa shape index (κ3) is 23.5. The SMILES string of the molecule is CC[C@H](C)[C@H](NC(=O)CNC(=O)[C@@H](N)CS)C(=O)N[C@H](C(=O)NCC(=O)N[C@@H](C)C(=O)N[C@H](C(=O)N[C@@H](C)C(=O)N[C@@H](CCC(N)=O)C(=O)N[C@@H](CCCN=C(N)N)C(=O)O)[C@@H](C)CC)C(C)C. The molecule has 0 saturated heterocycles. The van der Waals surface area contributed by atoms with Gasteiger partial charge in [0.25, 0.3) is 0 Å². The molecule has 10 amide bonds. The van der Waals surface area contributed by atoms with E-state index in [2.05, 4.69) is 65.5 Å². The summed E-state index contributed by atoms with van der Waals surface area (Å²) in [5.41, 5.74) is 21.4. The van der Waals surface area contributed by atoms with Crippen molar-refractivity contribution >= 4 is 83.6 Å². The zero-order chi connectivity index (χ0) is 52.4. The highest BCUT2D eigenvalue weighted by Gasteiger charge is 2.34.